The SMILES string of the molecule is COc1ccc2[nH]c(=O)c(CN(CCCN3CCOCC3)C(=S)NCCCN3CCOCC3)cc2c1. The van der Waals surface area contributed by atoms with Crippen LogP contribution in [-0.2, 0) is 16.0 Å². The lowest BCUT2D eigenvalue weighted by molar-refractivity contribution is 0.0367. The van der Waals surface area contributed by atoms with E-state index in [-0.39, 0.29) is 5.56 Å². The van der Waals surface area contributed by atoms with Crippen molar-refractivity contribution in [3.8, 4) is 5.75 Å². The molecule has 0 spiro atoms. The van der Waals surface area contributed by atoms with Gasteiger partial charge in [-0.15, -0.1) is 0 Å². The van der Waals surface area contributed by atoms with E-state index >= 15 is 0 Å². The zero-order valence-electron chi connectivity index (χ0n) is 21.3. The summed E-state index contributed by atoms with van der Waals surface area (Å²) in [5.74, 6) is 0.764. The van der Waals surface area contributed by atoms with Crippen LogP contribution in [0.5, 0.6) is 5.75 Å². The molecule has 2 N–H and O–H groups in total. The molecule has 1 aromatic heterocycles. The zero-order chi connectivity index (χ0) is 25.2. The van der Waals surface area contributed by atoms with Crippen LogP contribution >= 0.6 is 12.2 Å². The maximum absolute atomic E-state index is 12.9. The van der Waals surface area contributed by atoms with Gasteiger partial charge < -0.3 is 29.4 Å². The quantitative estimate of drug-likeness (QED) is 0.342. The van der Waals surface area contributed by atoms with Crippen LogP contribution in [0.15, 0.2) is 29.1 Å². The molecular formula is C26H39N5O4S. The van der Waals surface area contributed by atoms with E-state index in [1.165, 1.54) is 0 Å². The summed E-state index contributed by atoms with van der Waals surface area (Å²) < 4.78 is 16.3. The Morgan fingerprint density at radius 1 is 1.06 bits per heavy atom. The lowest BCUT2D eigenvalue weighted by atomic mass is 10.1. The maximum Gasteiger partial charge on any atom is 0.253 e. The fraction of sp³-hybridized carbons (Fsp3) is 0.615. The van der Waals surface area contributed by atoms with Gasteiger partial charge in [0.25, 0.3) is 5.56 Å². The smallest absolute Gasteiger partial charge is 0.253 e. The summed E-state index contributed by atoms with van der Waals surface area (Å²) in [6.07, 6.45) is 1.98. The van der Waals surface area contributed by atoms with Crippen LogP contribution in [0.25, 0.3) is 10.9 Å². The number of hydrogen-bond acceptors (Lipinski definition) is 7. The van der Waals surface area contributed by atoms with Crippen LogP contribution in [0.2, 0.25) is 0 Å². The van der Waals surface area contributed by atoms with E-state index in [1.54, 1.807) is 7.11 Å². The summed E-state index contributed by atoms with van der Waals surface area (Å²) in [4.78, 5) is 22.9. The number of rotatable bonds is 11. The Bertz CT molecular complexity index is 1040. The Balaban J connectivity index is 1.38. The van der Waals surface area contributed by atoms with Crippen molar-refractivity contribution in [2.24, 2.45) is 0 Å². The number of aromatic nitrogens is 1. The molecular weight excluding hydrogens is 478 g/mol. The molecule has 0 aliphatic carbocycles. The first-order chi connectivity index (χ1) is 17.6. The standard InChI is InChI=1S/C26H39N5O4S/c1-33-23-4-5-24-21(19-23)18-22(25(32)28-24)20-31(9-3-8-30-12-16-35-17-13-30)26(36)27-6-2-7-29-10-14-34-15-11-29/h4-5,18-19H,2-3,6-17,20H2,1H3,(H,27,36)(H,28,32). The summed E-state index contributed by atoms with van der Waals surface area (Å²) in [6.45, 7) is 11.2. The number of benzene rings is 1. The van der Waals surface area contributed by atoms with E-state index in [1.807, 2.05) is 24.3 Å². The zero-order valence-corrected chi connectivity index (χ0v) is 22.1. The van der Waals surface area contributed by atoms with E-state index in [4.69, 9.17) is 26.4 Å². The number of nitrogens with one attached hydrogen (secondary N) is 2. The molecule has 36 heavy (non-hydrogen) atoms. The minimum atomic E-state index is -0.0824. The monoisotopic (exact) mass is 517 g/mol. The van der Waals surface area contributed by atoms with E-state index in [9.17, 15) is 4.79 Å². The summed E-state index contributed by atoms with van der Waals surface area (Å²) in [6, 6.07) is 7.62. The fourth-order valence-corrected chi connectivity index (χ4v) is 4.93. The lowest BCUT2D eigenvalue weighted by Crippen LogP contribution is -2.43. The largest absolute Gasteiger partial charge is 0.497 e. The van der Waals surface area contributed by atoms with Gasteiger partial charge in [-0.1, -0.05) is 0 Å². The molecule has 0 unspecified atom stereocenters. The maximum atomic E-state index is 12.9. The van der Waals surface area contributed by atoms with Crippen LogP contribution in [0.4, 0.5) is 0 Å². The Labute approximate surface area is 218 Å². The molecule has 198 valence electrons. The topological polar surface area (TPSA) is 82.3 Å². The highest BCUT2D eigenvalue weighted by Crippen LogP contribution is 2.19. The van der Waals surface area contributed by atoms with E-state index in [2.05, 4.69) is 25.0 Å². The second-order valence-electron chi connectivity index (χ2n) is 9.35. The number of aromatic amines is 1. The summed E-state index contributed by atoms with van der Waals surface area (Å²) in [7, 11) is 1.65. The molecule has 0 atom stereocenters. The minimum absolute atomic E-state index is 0.0824. The van der Waals surface area contributed by atoms with E-state index in [0.717, 1.165) is 108 Å². The predicted octanol–water partition coefficient (Wildman–Crippen LogP) is 1.66. The Kier molecular flexibility index (Phi) is 10.4. The van der Waals surface area contributed by atoms with Crippen molar-refractivity contribution in [3.05, 3.63) is 40.2 Å². The second-order valence-corrected chi connectivity index (χ2v) is 9.73. The van der Waals surface area contributed by atoms with Gasteiger partial charge >= 0.3 is 0 Å². The molecule has 0 radical (unpaired) electrons. The van der Waals surface area contributed by atoms with E-state index < -0.39 is 0 Å². The highest BCUT2D eigenvalue weighted by atomic mass is 32.1. The molecule has 2 saturated heterocycles. The van der Waals surface area contributed by atoms with Gasteiger partial charge in [0.05, 0.1) is 40.1 Å². The number of methoxy groups -OCH3 is 1. The first-order valence-corrected chi connectivity index (χ1v) is 13.4. The lowest BCUT2D eigenvalue weighted by Gasteiger charge is -2.30. The number of H-pyrrole nitrogens is 1. The van der Waals surface area contributed by atoms with Crippen molar-refractivity contribution < 1.29 is 14.2 Å². The molecule has 0 bridgehead atoms. The summed E-state index contributed by atoms with van der Waals surface area (Å²) in [5.41, 5.74) is 1.41. The van der Waals surface area contributed by atoms with Gasteiger partial charge in [-0.05, 0) is 55.9 Å². The van der Waals surface area contributed by atoms with Crippen molar-refractivity contribution in [1.29, 1.82) is 0 Å². The van der Waals surface area contributed by atoms with Crippen LogP contribution in [0.1, 0.15) is 18.4 Å². The van der Waals surface area contributed by atoms with Gasteiger partial charge in [0, 0.05) is 62.3 Å². The van der Waals surface area contributed by atoms with Gasteiger partial charge in [-0.25, -0.2) is 0 Å². The molecule has 1 aromatic carbocycles. The Morgan fingerprint density at radius 3 is 2.39 bits per heavy atom. The number of ether oxygens (including phenoxy) is 3. The molecule has 2 aliphatic rings. The molecule has 10 heteroatoms. The summed E-state index contributed by atoms with van der Waals surface area (Å²) >= 11 is 5.81. The number of morpholine rings is 2. The predicted molar refractivity (Wildman–Crippen MR) is 146 cm³/mol. The molecule has 2 aromatic rings. The van der Waals surface area contributed by atoms with Crippen molar-refractivity contribution in [2.45, 2.75) is 19.4 Å². The first kappa shape index (κ1) is 26.8. The average molecular weight is 518 g/mol. The minimum Gasteiger partial charge on any atom is -0.497 e. The molecule has 2 aliphatic heterocycles. The van der Waals surface area contributed by atoms with Gasteiger partial charge in [-0.3, -0.25) is 14.6 Å². The first-order valence-electron chi connectivity index (χ1n) is 13.0. The van der Waals surface area contributed by atoms with Crippen LogP contribution in [0.3, 0.4) is 0 Å². The highest BCUT2D eigenvalue weighted by Gasteiger charge is 2.16. The van der Waals surface area contributed by atoms with Crippen molar-refractivity contribution in [1.82, 2.24) is 25.0 Å². The molecule has 3 heterocycles. The van der Waals surface area contributed by atoms with Gasteiger partial charge in [0.15, 0.2) is 5.11 Å². The second kappa shape index (κ2) is 13.9. The number of thiocarbonyl (C=S) groups is 1. The third-order valence-electron chi connectivity index (χ3n) is 6.81. The van der Waals surface area contributed by atoms with Crippen LogP contribution in [-0.4, -0.2) is 111 Å². The number of nitrogens with zero attached hydrogens (tertiary/aromatic N) is 3. The van der Waals surface area contributed by atoms with Crippen molar-refractivity contribution in [3.63, 3.8) is 0 Å². The average Bonchev–Trinajstić information content (AvgIpc) is 2.91. The van der Waals surface area contributed by atoms with Crippen molar-refractivity contribution in [2.75, 3.05) is 85.9 Å². The molecule has 0 saturated carbocycles. The van der Waals surface area contributed by atoms with E-state index in [0.29, 0.717) is 17.2 Å². The normalized spacial score (nSPS) is 17.2. The van der Waals surface area contributed by atoms with Crippen LogP contribution in [0, 0.1) is 0 Å². The molecule has 9 nitrogen and oxygen atoms in total. The third-order valence-corrected chi connectivity index (χ3v) is 7.22. The van der Waals surface area contributed by atoms with Crippen molar-refractivity contribution >= 4 is 28.2 Å². The Hall–Kier alpha value is -2.24. The molecule has 0 amide bonds. The number of fused-ring (bicyclic) bond motifs is 1. The van der Waals surface area contributed by atoms with Gasteiger partial charge in [0.2, 0.25) is 0 Å². The van der Waals surface area contributed by atoms with Gasteiger partial charge in [-0.2, -0.15) is 0 Å². The number of hydrogen-bond donors (Lipinski definition) is 2. The molecule has 4 rings (SSSR count). The van der Waals surface area contributed by atoms with Gasteiger partial charge in [0.1, 0.15) is 5.75 Å². The summed E-state index contributed by atoms with van der Waals surface area (Å²) in [5, 5.41) is 5.08. The Morgan fingerprint density at radius 2 is 1.72 bits per heavy atom. The number of pyridine rings is 1. The fourth-order valence-electron chi connectivity index (χ4n) is 4.68. The third kappa shape index (κ3) is 7.88. The molecule has 2 fully saturated rings. The highest BCUT2D eigenvalue weighted by molar-refractivity contribution is 7.80. The van der Waals surface area contributed by atoms with Crippen LogP contribution < -0.4 is 15.6 Å².